The monoisotopic (exact) mass is 338 g/mol. The molecule has 0 aromatic heterocycles. The molecule has 24 heavy (non-hydrogen) atoms. The summed E-state index contributed by atoms with van der Waals surface area (Å²) in [6.45, 7) is 9.12. The number of methoxy groups -OCH3 is 2. The third-order valence-corrected chi connectivity index (χ3v) is 4.98. The number of rotatable bonds is 5. The van der Waals surface area contributed by atoms with E-state index in [4.69, 9.17) is 18.9 Å². The van der Waals surface area contributed by atoms with Crippen LogP contribution in [0, 0.1) is 5.41 Å². The fraction of sp³-hybridized carbons (Fsp3) is 0.684. The van der Waals surface area contributed by atoms with E-state index in [1.165, 1.54) is 0 Å². The van der Waals surface area contributed by atoms with Crippen molar-refractivity contribution in [3.05, 3.63) is 35.5 Å². The summed E-state index contributed by atoms with van der Waals surface area (Å²) < 4.78 is 22.0. The highest BCUT2D eigenvalue weighted by molar-refractivity contribution is 5.36. The summed E-state index contributed by atoms with van der Waals surface area (Å²) in [5.74, 6) is -0.699. The fourth-order valence-electron chi connectivity index (χ4n) is 3.54. The molecule has 5 nitrogen and oxygen atoms in total. The van der Waals surface area contributed by atoms with Crippen molar-refractivity contribution in [1.82, 2.24) is 0 Å². The SMILES string of the molecule is COC(C=C(C)C=CC1(O)C(C)=CC2(CC1(C)C)OCCO2)OC. The average molecular weight is 338 g/mol. The molecule has 2 aliphatic rings. The summed E-state index contributed by atoms with van der Waals surface area (Å²) in [4.78, 5) is 0. The molecule has 0 bridgehead atoms. The Morgan fingerprint density at radius 3 is 2.33 bits per heavy atom. The van der Waals surface area contributed by atoms with E-state index in [0.717, 1.165) is 11.1 Å². The quantitative estimate of drug-likeness (QED) is 0.474. The van der Waals surface area contributed by atoms with Crippen LogP contribution in [0.3, 0.4) is 0 Å². The van der Waals surface area contributed by atoms with E-state index in [9.17, 15) is 5.11 Å². The summed E-state index contributed by atoms with van der Waals surface area (Å²) >= 11 is 0. The van der Waals surface area contributed by atoms with Gasteiger partial charge in [0, 0.05) is 26.1 Å². The lowest BCUT2D eigenvalue weighted by Crippen LogP contribution is -2.53. The minimum Gasteiger partial charge on any atom is -0.381 e. The molecule has 0 radical (unpaired) electrons. The maximum atomic E-state index is 11.4. The van der Waals surface area contributed by atoms with Crippen LogP contribution in [0.2, 0.25) is 0 Å². The largest absolute Gasteiger partial charge is 0.381 e. The molecule has 1 fully saturated rings. The Bertz CT molecular complexity index is 536. The van der Waals surface area contributed by atoms with Crippen molar-refractivity contribution in [2.24, 2.45) is 5.41 Å². The van der Waals surface area contributed by atoms with Crippen LogP contribution in [0.4, 0.5) is 0 Å². The number of ether oxygens (including phenoxy) is 4. The van der Waals surface area contributed by atoms with Gasteiger partial charge in [-0.05, 0) is 37.6 Å². The lowest BCUT2D eigenvalue weighted by molar-refractivity contribution is -0.171. The second kappa shape index (κ2) is 7.10. The summed E-state index contributed by atoms with van der Waals surface area (Å²) in [7, 11) is 3.18. The molecule has 1 heterocycles. The molecule has 136 valence electrons. The number of hydrogen-bond donors (Lipinski definition) is 1. The molecule has 0 aromatic carbocycles. The lowest BCUT2D eigenvalue weighted by atomic mass is 9.63. The Kier molecular flexibility index (Phi) is 5.72. The number of aliphatic hydroxyl groups is 1. The van der Waals surface area contributed by atoms with Gasteiger partial charge in [-0.15, -0.1) is 0 Å². The van der Waals surface area contributed by atoms with Crippen LogP contribution in [0.1, 0.15) is 34.1 Å². The van der Waals surface area contributed by atoms with Gasteiger partial charge in [-0.25, -0.2) is 0 Å². The molecule has 5 heteroatoms. The molecule has 0 saturated carbocycles. The highest BCUT2D eigenvalue weighted by atomic mass is 16.7. The molecule has 1 aliphatic carbocycles. The van der Waals surface area contributed by atoms with E-state index in [1.807, 2.05) is 52.0 Å². The van der Waals surface area contributed by atoms with Crippen LogP contribution >= 0.6 is 0 Å². The van der Waals surface area contributed by atoms with Gasteiger partial charge < -0.3 is 24.1 Å². The van der Waals surface area contributed by atoms with E-state index < -0.39 is 23.1 Å². The molecule has 1 spiro atoms. The number of allylic oxidation sites excluding steroid dienone is 2. The number of hydrogen-bond acceptors (Lipinski definition) is 5. The predicted molar refractivity (Wildman–Crippen MR) is 92.4 cm³/mol. The van der Waals surface area contributed by atoms with Crippen molar-refractivity contribution in [3.8, 4) is 0 Å². The molecule has 0 amide bonds. The molecule has 2 rings (SSSR count). The molecular weight excluding hydrogens is 308 g/mol. The van der Waals surface area contributed by atoms with Gasteiger partial charge in [0.2, 0.25) is 0 Å². The first-order chi connectivity index (χ1) is 11.2. The molecular formula is C19H30O5. The topological polar surface area (TPSA) is 57.2 Å². The summed E-state index contributed by atoms with van der Waals surface area (Å²) in [5.41, 5.74) is 0.279. The lowest BCUT2D eigenvalue weighted by Gasteiger charge is -2.49. The van der Waals surface area contributed by atoms with E-state index in [1.54, 1.807) is 14.2 Å². The van der Waals surface area contributed by atoms with E-state index in [-0.39, 0.29) is 0 Å². The smallest absolute Gasteiger partial charge is 0.188 e. The van der Waals surface area contributed by atoms with Crippen LogP contribution in [0.25, 0.3) is 0 Å². The highest BCUT2D eigenvalue weighted by Gasteiger charge is 2.54. The molecule has 0 aromatic rings. The molecule has 1 atom stereocenters. The van der Waals surface area contributed by atoms with Crippen molar-refractivity contribution in [2.45, 2.75) is 51.8 Å². The standard InChI is InChI=1S/C19H30O5/c1-14(11-16(21-5)22-6)7-8-19(20)15(2)12-18(13-17(19,3)4)23-9-10-24-18/h7-8,11-12,16,20H,9-10,13H2,1-6H3. The highest BCUT2D eigenvalue weighted by Crippen LogP contribution is 2.50. The van der Waals surface area contributed by atoms with Gasteiger partial charge in [-0.2, -0.15) is 0 Å². The van der Waals surface area contributed by atoms with Gasteiger partial charge >= 0.3 is 0 Å². The van der Waals surface area contributed by atoms with Crippen LogP contribution in [0.15, 0.2) is 35.5 Å². The Hall–Kier alpha value is -0.980. The normalized spacial score (nSPS) is 29.7. The third-order valence-electron chi connectivity index (χ3n) is 4.98. The summed E-state index contributed by atoms with van der Waals surface area (Å²) in [6.07, 6.45) is 7.72. The second-order valence-electron chi connectivity index (χ2n) is 7.25. The van der Waals surface area contributed by atoms with Gasteiger partial charge in [0.15, 0.2) is 12.1 Å². The van der Waals surface area contributed by atoms with Crippen molar-refractivity contribution >= 4 is 0 Å². The Labute approximate surface area is 144 Å². The Morgan fingerprint density at radius 1 is 1.25 bits per heavy atom. The minimum absolute atomic E-state index is 0.399. The van der Waals surface area contributed by atoms with Crippen LogP contribution in [-0.4, -0.2) is 50.2 Å². The zero-order chi connectivity index (χ0) is 18.0. The first kappa shape index (κ1) is 19.3. The van der Waals surface area contributed by atoms with Crippen molar-refractivity contribution in [1.29, 1.82) is 0 Å². The van der Waals surface area contributed by atoms with Gasteiger partial charge in [-0.1, -0.05) is 25.5 Å². The zero-order valence-electron chi connectivity index (χ0n) is 15.6. The summed E-state index contributed by atoms with van der Waals surface area (Å²) in [6, 6.07) is 0. The third kappa shape index (κ3) is 3.65. The fourth-order valence-corrected chi connectivity index (χ4v) is 3.54. The van der Waals surface area contributed by atoms with E-state index >= 15 is 0 Å². The van der Waals surface area contributed by atoms with Crippen LogP contribution in [0.5, 0.6) is 0 Å². The first-order valence-electron chi connectivity index (χ1n) is 8.31. The van der Waals surface area contributed by atoms with Crippen LogP contribution < -0.4 is 0 Å². The van der Waals surface area contributed by atoms with Crippen molar-refractivity contribution in [2.75, 3.05) is 27.4 Å². The second-order valence-corrected chi connectivity index (χ2v) is 7.25. The maximum absolute atomic E-state index is 11.4. The van der Waals surface area contributed by atoms with Gasteiger partial charge in [0.05, 0.1) is 13.2 Å². The van der Waals surface area contributed by atoms with Crippen molar-refractivity contribution < 1.29 is 24.1 Å². The minimum atomic E-state index is -1.07. The van der Waals surface area contributed by atoms with Gasteiger partial charge in [-0.3, -0.25) is 0 Å². The zero-order valence-corrected chi connectivity index (χ0v) is 15.6. The Morgan fingerprint density at radius 2 is 1.83 bits per heavy atom. The average Bonchev–Trinajstić information content (AvgIpc) is 2.95. The first-order valence-corrected chi connectivity index (χ1v) is 8.31. The van der Waals surface area contributed by atoms with E-state index in [0.29, 0.717) is 19.6 Å². The molecule has 1 aliphatic heterocycles. The predicted octanol–water partition coefficient (Wildman–Crippen LogP) is 2.96. The van der Waals surface area contributed by atoms with Gasteiger partial charge in [0.25, 0.3) is 0 Å². The van der Waals surface area contributed by atoms with Crippen LogP contribution in [-0.2, 0) is 18.9 Å². The Balaban J connectivity index is 2.28. The molecule has 1 unspecified atom stereocenters. The van der Waals surface area contributed by atoms with E-state index in [2.05, 4.69) is 0 Å². The molecule has 1 N–H and O–H groups in total. The maximum Gasteiger partial charge on any atom is 0.188 e. The van der Waals surface area contributed by atoms with Gasteiger partial charge in [0.1, 0.15) is 5.60 Å². The molecule has 1 saturated heterocycles. The summed E-state index contributed by atoms with van der Waals surface area (Å²) in [5, 5.41) is 11.4. The van der Waals surface area contributed by atoms with Crippen molar-refractivity contribution in [3.63, 3.8) is 0 Å².